The molecule has 2 aliphatic heterocycles. The number of benzene rings is 1. The van der Waals surface area contributed by atoms with Crippen molar-refractivity contribution in [3.8, 4) is 5.88 Å². The van der Waals surface area contributed by atoms with E-state index in [1.165, 1.54) is 5.69 Å². The summed E-state index contributed by atoms with van der Waals surface area (Å²) in [7, 11) is 0. The molecule has 4 aromatic rings. The number of carboxylic acid groups (broad SMARTS) is 1. The van der Waals surface area contributed by atoms with Gasteiger partial charge in [0.1, 0.15) is 6.61 Å². The largest absolute Gasteiger partial charge is 0.490 e. The van der Waals surface area contributed by atoms with Crippen LogP contribution in [0.3, 0.4) is 0 Å². The molecule has 10 nitrogen and oxygen atoms in total. The van der Waals surface area contributed by atoms with E-state index in [1.807, 2.05) is 36.5 Å². The molecule has 2 fully saturated rings. The Hall–Kier alpha value is -3.97. The Labute approximate surface area is 227 Å². The molecule has 0 saturated carbocycles. The number of halogens is 3. The number of nitrogens with one attached hydrogen (secondary N) is 1. The number of rotatable bonds is 5. The van der Waals surface area contributed by atoms with Gasteiger partial charge in [-0.15, -0.1) is 0 Å². The highest BCUT2D eigenvalue weighted by Gasteiger charge is 2.38. The van der Waals surface area contributed by atoms with Crippen LogP contribution < -0.4 is 15.0 Å². The Kier molecular flexibility index (Phi) is 8.31. The second kappa shape index (κ2) is 12.0. The van der Waals surface area contributed by atoms with Crippen molar-refractivity contribution in [3.63, 3.8) is 0 Å². The number of alkyl halides is 3. The fourth-order valence-electron chi connectivity index (χ4n) is 4.79. The van der Waals surface area contributed by atoms with Crippen molar-refractivity contribution in [3.05, 3.63) is 60.2 Å². The Bertz CT molecular complexity index is 1410. The van der Waals surface area contributed by atoms with Crippen LogP contribution in [0.4, 0.5) is 19.0 Å². The third-order valence-electron chi connectivity index (χ3n) is 6.80. The standard InChI is InChI=1S/C25H28N6O2.C2HF3O2/c1-2-4-21-18(3-1)5-6-23(29-21)33-17-20-16-31-22(19-7-9-26-10-8-19)15-27-24(25(31)28-20)30-11-13-32-14-12-30;3-2(4,5)1(6)7/h1-6,15-16,19,26H,7-14,17H2;(H,6,7). The zero-order valence-electron chi connectivity index (χ0n) is 21.6. The summed E-state index contributed by atoms with van der Waals surface area (Å²) in [6.07, 6.45) is 1.29. The number of fused-ring (bicyclic) bond motifs is 2. The molecule has 2 saturated heterocycles. The molecule has 3 aromatic heterocycles. The van der Waals surface area contributed by atoms with E-state index in [2.05, 4.69) is 31.9 Å². The molecule has 40 heavy (non-hydrogen) atoms. The van der Waals surface area contributed by atoms with E-state index in [0.29, 0.717) is 31.6 Å². The van der Waals surface area contributed by atoms with E-state index in [9.17, 15) is 13.2 Å². The minimum Gasteiger partial charge on any atom is -0.475 e. The number of pyridine rings is 1. The van der Waals surface area contributed by atoms with Crippen LogP contribution in [0.1, 0.15) is 30.1 Å². The van der Waals surface area contributed by atoms with Crippen molar-refractivity contribution in [1.82, 2.24) is 24.7 Å². The molecule has 212 valence electrons. The van der Waals surface area contributed by atoms with Gasteiger partial charge in [0, 0.05) is 48.5 Å². The lowest BCUT2D eigenvalue weighted by Crippen LogP contribution is -2.37. The second-order valence-corrected chi connectivity index (χ2v) is 9.49. The number of aromatic nitrogens is 4. The topological polar surface area (TPSA) is 114 Å². The lowest BCUT2D eigenvalue weighted by Gasteiger charge is -2.29. The van der Waals surface area contributed by atoms with Gasteiger partial charge in [0.2, 0.25) is 5.88 Å². The lowest BCUT2D eigenvalue weighted by molar-refractivity contribution is -0.192. The number of carbonyl (C=O) groups is 1. The molecule has 0 atom stereocenters. The molecule has 2 N–H and O–H groups in total. The maximum Gasteiger partial charge on any atom is 0.490 e. The van der Waals surface area contributed by atoms with Gasteiger partial charge >= 0.3 is 12.1 Å². The molecule has 13 heteroatoms. The molecule has 6 rings (SSSR count). The number of carboxylic acids is 1. The Morgan fingerprint density at radius 3 is 2.55 bits per heavy atom. The van der Waals surface area contributed by atoms with Crippen LogP contribution in [0.15, 0.2) is 48.8 Å². The minimum atomic E-state index is -5.08. The summed E-state index contributed by atoms with van der Waals surface area (Å²) in [5, 5.41) is 11.7. The quantitative estimate of drug-likeness (QED) is 0.378. The van der Waals surface area contributed by atoms with Crippen molar-refractivity contribution >= 4 is 28.3 Å². The first-order valence-electron chi connectivity index (χ1n) is 13.0. The monoisotopic (exact) mass is 558 g/mol. The normalized spacial score (nSPS) is 16.5. The van der Waals surface area contributed by atoms with E-state index < -0.39 is 12.1 Å². The molecule has 0 spiro atoms. The molecular formula is C27H29F3N6O4. The van der Waals surface area contributed by atoms with E-state index in [-0.39, 0.29) is 0 Å². The van der Waals surface area contributed by atoms with Gasteiger partial charge in [0.15, 0.2) is 11.5 Å². The first-order valence-corrected chi connectivity index (χ1v) is 13.0. The summed E-state index contributed by atoms with van der Waals surface area (Å²) >= 11 is 0. The van der Waals surface area contributed by atoms with Crippen LogP contribution in [-0.2, 0) is 16.1 Å². The van der Waals surface area contributed by atoms with Crippen molar-refractivity contribution in [2.45, 2.75) is 31.5 Å². The van der Waals surface area contributed by atoms with Gasteiger partial charge in [-0.1, -0.05) is 18.2 Å². The zero-order chi connectivity index (χ0) is 28.1. The number of para-hydroxylation sites is 1. The van der Waals surface area contributed by atoms with E-state index >= 15 is 0 Å². The highest BCUT2D eigenvalue weighted by molar-refractivity contribution is 5.78. The number of hydrogen-bond acceptors (Lipinski definition) is 8. The highest BCUT2D eigenvalue weighted by Crippen LogP contribution is 2.29. The molecule has 1 aromatic carbocycles. The van der Waals surface area contributed by atoms with Crippen LogP contribution in [0.2, 0.25) is 0 Å². The van der Waals surface area contributed by atoms with Crippen molar-refractivity contribution in [2.24, 2.45) is 0 Å². The molecule has 2 aliphatic rings. The predicted octanol–water partition coefficient (Wildman–Crippen LogP) is 3.79. The number of morpholine rings is 1. The molecule has 0 bridgehead atoms. The van der Waals surface area contributed by atoms with Crippen LogP contribution in [0.5, 0.6) is 5.88 Å². The Balaban J connectivity index is 0.000000411. The summed E-state index contributed by atoms with van der Waals surface area (Å²) in [5.41, 5.74) is 3.93. The molecule has 0 radical (unpaired) electrons. The van der Waals surface area contributed by atoms with Gasteiger partial charge in [-0.05, 0) is 38.1 Å². The molecule has 0 unspecified atom stereocenters. The molecule has 0 aliphatic carbocycles. The number of anilines is 1. The third kappa shape index (κ3) is 6.42. The van der Waals surface area contributed by atoms with Gasteiger partial charge in [0.05, 0.1) is 24.4 Å². The van der Waals surface area contributed by atoms with Gasteiger partial charge < -0.3 is 24.8 Å². The molecule has 5 heterocycles. The van der Waals surface area contributed by atoms with Crippen molar-refractivity contribution in [2.75, 3.05) is 44.3 Å². The van der Waals surface area contributed by atoms with Crippen LogP contribution in [0, 0.1) is 0 Å². The van der Waals surface area contributed by atoms with E-state index in [4.69, 9.17) is 29.3 Å². The van der Waals surface area contributed by atoms with Gasteiger partial charge in [-0.3, -0.25) is 4.40 Å². The maximum atomic E-state index is 10.6. The Morgan fingerprint density at radius 2 is 1.82 bits per heavy atom. The van der Waals surface area contributed by atoms with Crippen LogP contribution in [-0.4, -0.2) is 76.0 Å². The summed E-state index contributed by atoms with van der Waals surface area (Å²) in [6.45, 7) is 5.53. The second-order valence-electron chi connectivity index (χ2n) is 9.49. The number of piperidine rings is 1. The summed E-state index contributed by atoms with van der Waals surface area (Å²) < 4.78 is 45.6. The molecule has 0 amide bonds. The van der Waals surface area contributed by atoms with Crippen LogP contribution in [0.25, 0.3) is 16.6 Å². The number of aliphatic carboxylic acids is 1. The molecular weight excluding hydrogens is 529 g/mol. The predicted molar refractivity (Wildman–Crippen MR) is 141 cm³/mol. The average Bonchev–Trinajstić information content (AvgIpc) is 3.40. The Morgan fingerprint density at radius 1 is 1.10 bits per heavy atom. The highest BCUT2D eigenvalue weighted by atomic mass is 19.4. The number of nitrogens with zero attached hydrogens (tertiary/aromatic N) is 5. The summed E-state index contributed by atoms with van der Waals surface area (Å²) in [6, 6.07) is 12.0. The average molecular weight is 559 g/mol. The number of hydrogen-bond donors (Lipinski definition) is 2. The van der Waals surface area contributed by atoms with Gasteiger partial charge in [0.25, 0.3) is 0 Å². The van der Waals surface area contributed by atoms with Crippen molar-refractivity contribution in [1.29, 1.82) is 0 Å². The van der Waals surface area contributed by atoms with Crippen molar-refractivity contribution < 1.29 is 32.5 Å². The maximum absolute atomic E-state index is 10.6. The first kappa shape index (κ1) is 27.6. The fraction of sp³-hybridized carbons (Fsp3) is 0.407. The number of imidazole rings is 1. The van der Waals surface area contributed by atoms with Crippen LogP contribution >= 0.6 is 0 Å². The SMILES string of the molecule is O=C(O)C(F)(F)F.c1ccc2nc(OCc3cn4c(C5CCNCC5)cnc(N5CCOCC5)c4n3)ccc2c1. The minimum absolute atomic E-state index is 0.362. The van der Waals surface area contributed by atoms with Gasteiger partial charge in [-0.25, -0.2) is 19.7 Å². The lowest BCUT2D eigenvalue weighted by atomic mass is 9.95. The third-order valence-corrected chi connectivity index (χ3v) is 6.80. The number of ether oxygens (including phenoxy) is 2. The summed E-state index contributed by atoms with van der Waals surface area (Å²) in [4.78, 5) is 25.7. The summed E-state index contributed by atoms with van der Waals surface area (Å²) in [5.74, 6) is -0.750. The van der Waals surface area contributed by atoms with E-state index in [0.717, 1.165) is 67.1 Å². The zero-order valence-corrected chi connectivity index (χ0v) is 21.6. The van der Waals surface area contributed by atoms with Gasteiger partial charge in [-0.2, -0.15) is 13.2 Å². The smallest absolute Gasteiger partial charge is 0.475 e. The fourth-order valence-corrected chi connectivity index (χ4v) is 4.79. The van der Waals surface area contributed by atoms with E-state index in [1.54, 1.807) is 0 Å². The first-order chi connectivity index (χ1) is 19.3.